The normalized spacial score (nSPS) is 17.0. The van der Waals surface area contributed by atoms with Crippen molar-refractivity contribution >= 4 is 29.6 Å². The first-order chi connectivity index (χ1) is 10.5. The van der Waals surface area contributed by atoms with Gasteiger partial charge in [-0.15, -0.1) is 0 Å². The van der Waals surface area contributed by atoms with Gasteiger partial charge in [0.05, 0.1) is 36.5 Å². The Kier molecular flexibility index (Phi) is 4.88. The fourth-order valence-corrected chi connectivity index (χ4v) is 2.22. The summed E-state index contributed by atoms with van der Waals surface area (Å²) >= 11 is 0. The molecule has 0 bridgehead atoms. The van der Waals surface area contributed by atoms with Crippen molar-refractivity contribution in [3.63, 3.8) is 0 Å². The molecule has 116 valence electrons. The van der Waals surface area contributed by atoms with Crippen molar-refractivity contribution in [2.75, 3.05) is 11.9 Å². The van der Waals surface area contributed by atoms with Crippen LogP contribution in [0.3, 0.4) is 0 Å². The van der Waals surface area contributed by atoms with Gasteiger partial charge in [-0.05, 0) is 31.1 Å². The lowest BCUT2D eigenvalue weighted by Crippen LogP contribution is -2.32. The van der Waals surface area contributed by atoms with Crippen molar-refractivity contribution < 1.29 is 24.2 Å². The summed E-state index contributed by atoms with van der Waals surface area (Å²) in [5.74, 6) is -2.21. The Morgan fingerprint density at radius 2 is 2.32 bits per heavy atom. The zero-order valence-electron chi connectivity index (χ0n) is 12.0. The van der Waals surface area contributed by atoms with Gasteiger partial charge < -0.3 is 15.2 Å². The highest BCUT2D eigenvalue weighted by Gasteiger charge is 2.28. The van der Waals surface area contributed by atoms with Gasteiger partial charge in [0.1, 0.15) is 0 Å². The number of carboxylic acids is 1. The summed E-state index contributed by atoms with van der Waals surface area (Å²) in [5, 5.41) is 11.3. The highest BCUT2D eigenvalue weighted by Crippen LogP contribution is 2.27. The number of ether oxygens (including phenoxy) is 1. The Balaban J connectivity index is 2.15. The van der Waals surface area contributed by atoms with Crippen molar-refractivity contribution in [3.05, 3.63) is 29.6 Å². The monoisotopic (exact) mass is 304 g/mol. The minimum Gasteiger partial charge on any atom is -0.478 e. The van der Waals surface area contributed by atoms with Crippen molar-refractivity contribution in [1.82, 2.24) is 4.98 Å². The van der Waals surface area contributed by atoms with Gasteiger partial charge in [-0.1, -0.05) is 0 Å². The van der Waals surface area contributed by atoms with Crippen LogP contribution >= 0.6 is 0 Å². The molecule has 1 aliphatic rings. The van der Waals surface area contributed by atoms with Crippen LogP contribution in [0.25, 0.3) is 6.08 Å². The van der Waals surface area contributed by atoms with Crippen LogP contribution in [0.2, 0.25) is 0 Å². The predicted octanol–water partition coefficient (Wildman–Crippen LogP) is 1.24. The second-order valence-electron chi connectivity index (χ2n) is 4.84. The van der Waals surface area contributed by atoms with E-state index in [9.17, 15) is 14.4 Å². The van der Waals surface area contributed by atoms with Gasteiger partial charge in [0.15, 0.2) is 0 Å². The van der Waals surface area contributed by atoms with Crippen molar-refractivity contribution in [1.29, 1.82) is 0 Å². The van der Waals surface area contributed by atoms with E-state index in [1.54, 1.807) is 13.0 Å². The fraction of sp³-hybridized carbons (Fsp3) is 0.333. The van der Waals surface area contributed by atoms with Crippen LogP contribution < -0.4 is 5.32 Å². The Labute approximate surface area is 127 Å². The number of nitrogens with zero attached hydrogens (tertiary/aromatic N) is 1. The molecule has 1 atom stereocenters. The predicted molar refractivity (Wildman–Crippen MR) is 78.0 cm³/mol. The summed E-state index contributed by atoms with van der Waals surface area (Å²) in [6.45, 7) is 1.98. The number of aromatic nitrogens is 1. The van der Waals surface area contributed by atoms with E-state index < -0.39 is 17.9 Å². The van der Waals surface area contributed by atoms with E-state index >= 15 is 0 Å². The molecular formula is C15H16N2O5. The summed E-state index contributed by atoms with van der Waals surface area (Å²) in [6.07, 6.45) is 4.25. The summed E-state index contributed by atoms with van der Waals surface area (Å²) in [6, 6.07) is 1.70. The third-order valence-corrected chi connectivity index (χ3v) is 3.22. The standard InChI is InChI=1S/C15H16N2O5/c1-2-22-14(20)7-10-5-9-6-11(3-4-13(18)19)16-8-12(9)17-15(10)21/h3-4,6,8,10H,2,5,7H2,1H3,(H,17,21)(H,18,19)/b4-3+. The minimum atomic E-state index is -1.06. The topological polar surface area (TPSA) is 106 Å². The lowest BCUT2D eigenvalue weighted by atomic mass is 9.91. The molecule has 0 radical (unpaired) electrons. The number of esters is 1. The van der Waals surface area contributed by atoms with Gasteiger partial charge >= 0.3 is 11.9 Å². The lowest BCUT2D eigenvalue weighted by Gasteiger charge is -2.23. The number of hydrogen-bond acceptors (Lipinski definition) is 5. The first-order valence-corrected chi connectivity index (χ1v) is 6.86. The molecular weight excluding hydrogens is 288 g/mol. The molecule has 2 heterocycles. The molecule has 22 heavy (non-hydrogen) atoms. The number of carbonyl (C=O) groups is 3. The summed E-state index contributed by atoms with van der Waals surface area (Å²) in [5.41, 5.74) is 1.87. The van der Waals surface area contributed by atoms with Gasteiger partial charge in [0.25, 0.3) is 0 Å². The first kappa shape index (κ1) is 15.7. The number of aliphatic carboxylic acids is 1. The minimum absolute atomic E-state index is 0.0156. The highest BCUT2D eigenvalue weighted by atomic mass is 16.5. The third-order valence-electron chi connectivity index (χ3n) is 3.22. The van der Waals surface area contributed by atoms with Crippen LogP contribution in [0.1, 0.15) is 24.6 Å². The van der Waals surface area contributed by atoms with Crippen LogP contribution in [-0.2, 0) is 25.5 Å². The van der Waals surface area contributed by atoms with Crippen LogP contribution in [0.5, 0.6) is 0 Å². The van der Waals surface area contributed by atoms with Crippen LogP contribution in [-0.4, -0.2) is 34.5 Å². The maximum absolute atomic E-state index is 12.0. The van der Waals surface area contributed by atoms with Gasteiger partial charge in [-0.3, -0.25) is 14.6 Å². The SMILES string of the molecule is CCOC(=O)CC1Cc2cc(/C=C/C(=O)O)ncc2NC1=O. The zero-order valence-corrected chi connectivity index (χ0v) is 12.0. The molecule has 0 saturated heterocycles. The van der Waals surface area contributed by atoms with Crippen LogP contribution in [0.15, 0.2) is 18.3 Å². The molecule has 2 N–H and O–H groups in total. The number of carbonyl (C=O) groups excluding carboxylic acids is 2. The average molecular weight is 304 g/mol. The maximum Gasteiger partial charge on any atom is 0.328 e. The quantitative estimate of drug-likeness (QED) is 0.626. The molecule has 1 aliphatic heterocycles. The van der Waals surface area contributed by atoms with Crippen LogP contribution in [0.4, 0.5) is 5.69 Å². The van der Waals surface area contributed by atoms with E-state index in [0.29, 0.717) is 17.8 Å². The number of rotatable bonds is 5. The number of amides is 1. The van der Waals surface area contributed by atoms with Gasteiger partial charge in [0, 0.05) is 6.08 Å². The van der Waals surface area contributed by atoms with Gasteiger partial charge in [-0.25, -0.2) is 4.79 Å². The second kappa shape index (κ2) is 6.84. The second-order valence-corrected chi connectivity index (χ2v) is 4.84. The molecule has 0 saturated carbocycles. The third kappa shape index (κ3) is 3.91. The van der Waals surface area contributed by atoms with Gasteiger partial charge in [0.2, 0.25) is 5.91 Å². The zero-order chi connectivity index (χ0) is 16.1. The Morgan fingerprint density at radius 1 is 1.55 bits per heavy atom. The highest BCUT2D eigenvalue weighted by molar-refractivity contribution is 5.97. The van der Waals surface area contributed by atoms with E-state index in [2.05, 4.69) is 10.3 Å². The van der Waals surface area contributed by atoms with Crippen molar-refractivity contribution in [3.8, 4) is 0 Å². The molecule has 7 nitrogen and oxygen atoms in total. The fourth-order valence-electron chi connectivity index (χ4n) is 2.22. The molecule has 1 aromatic heterocycles. The Hall–Kier alpha value is -2.70. The number of anilines is 1. The number of fused-ring (bicyclic) bond motifs is 1. The molecule has 7 heteroatoms. The number of hydrogen-bond donors (Lipinski definition) is 2. The molecule has 2 rings (SSSR count). The molecule has 0 aliphatic carbocycles. The molecule has 1 amide bonds. The average Bonchev–Trinajstić information content (AvgIpc) is 2.46. The summed E-state index contributed by atoms with van der Waals surface area (Å²) in [4.78, 5) is 38.1. The van der Waals surface area contributed by atoms with E-state index in [0.717, 1.165) is 11.6 Å². The van der Waals surface area contributed by atoms with E-state index in [4.69, 9.17) is 9.84 Å². The molecule has 1 unspecified atom stereocenters. The van der Waals surface area contributed by atoms with Crippen molar-refractivity contribution in [2.24, 2.45) is 5.92 Å². The Morgan fingerprint density at radius 3 is 3.00 bits per heavy atom. The molecule has 1 aromatic rings. The maximum atomic E-state index is 12.0. The number of pyridine rings is 1. The van der Waals surface area contributed by atoms with E-state index in [-0.39, 0.29) is 18.9 Å². The summed E-state index contributed by atoms with van der Waals surface area (Å²) < 4.78 is 4.86. The number of carboxylic acid groups (broad SMARTS) is 1. The number of nitrogens with one attached hydrogen (secondary N) is 1. The lowest BCUT2D eigenvalue weighted by molar-refractivity contribution is -0.145. The Bertz CT molecular complexity index is 639. The van der Waals surface area contributed by atoms with Crippen molar-refractivity contribution in [2.45, 2.75) is 19.8 Å². The van der Waals surface area contributed by atoms with Gasteiger partial charge in [-0.2, -0.15) is 0 Å². The smallest absolute Gasteiger partial charge is 0.328 e. The van der Waals surface area contributed by atoms with E-state index in [1.807, 2.05) is 0 Å². The largest absolute Gasteiger partial charge is 0.478 e. The van der Waals surface area contributed by atoms with Crippen LogP contribution in [0, 0.1) is 5.92 Å². The molecule has 0 aromatic carbocycles. The molecule has 0 spiro atoms. The van der Waals surface area contributed by atoms with E-state index in [1.165, 1.54) is 12.3 Å². The molecule has 0 fully saturated rings. The first-order valence-electron chi connectivity index (χ1n) is 6.86. The summed E-state index contributed by atoms with van der Waals surface area (Å²) in [7, 11) is 0.